The van der Waals surface area contributed by atoms with E-state index < -0.39 is 0 Å². The van der Waals surface area contributed by atoms with Gasteiger partial charge in [-0.2, -0.15) is 0 Å². The first-order valence-electron chi connectivity index (χ1n) is 6.01. The molecule has 0 aromatic heterocycles. The molecule has 0 heterocycles. The van der Waals surface area contributed by atoms with Gasteiger partial charge in [0.25, 0.3) is 0 Å². The first-order valence-corrected chi connectivity index (χ1v) is 6.01. The summed E-state index contributed by atoms with van der Waals surface area (Å²) in [7, 11) is 0. The van der Waals surface area contributed by atoms with E-state index in [0.717, 1.165) is 19.1 Å². The minimum absolute atomic E-state index is 0.186. The van der Waals surface area contributed by atoms with Gasteiger partial charge in [0, 0.05) is 19.1 Å². The zero-order valence-corrected chi connectivity index (χ0v) is 9.87. The van der Waals surface area contributed by atoms with Crippen LogP contribution in [0.1, 0.15) is 46.5 Å². The first-order chi connectivity index (χ1) is 6.59. The normalized spacial score (nSPS) is 21.0. The van der Waals surface area contributed by atoms with E-state index in [-0.39, 0.29) is 6.10 Å². The van der Waals surface area contributed by atoms with Crippen LogP contribution in [0.3, 0.4) is 0 Å². The number of nitrogens with zero attached hydrogens (tertiary/aromatic N) is 1. The molecule has 1 atom stereocenters. The van der Waals surface area contributed by atoms with Crippen molar-refractivity contribution in [2.45, 2.75) is 58.6 Å². The molecule has 0 bridgehead atoms. The zero-order valence-electron chi connectivity index (χ0n) is 9.87. The molecular formula is C12H25NO. The molecule has 84 valence electrons. The predicted octanol–water partition coefficient (Wildman–Crippen LogP) is 2.27. The Morgan fingerprint density at radius 2 is 1.71 bits per heavy atom. The fraction of sp³-hybridized carbons (Fsp3) is 1.00. The van der Waals surface area contributed by atoms with E-state index in [2.05, 4.69) is 18.7 Å². The zero-order chi connectivity index (χ0) is 10.6. The summed E-state index contributed by atoms with van der Waals surface area (Å²) in [6.45, 7) is 8.38. The quantitative estimate of drug-likeness (QED) is 0.734. The van der Waals surface area contributed by atoms with Crippen LogP contribution in [0.5, 0.6) is 0 Å². The fourth-order valence-electron chi connectivity index (χ4n) is 2.45. The van der Waals surface area contributed by atoms with Crippen LogP contribution in [0.25, 0.3) is 0 Å². The molecular weight excluding hydrogens is 174 g/mol. The molecule has 1 rings (SSSR count). The average molecular weight is 199 g/mol. The molecule has 0 radical (unpaired) electrons. The molecule has 1 fully saturated rings. The van der Waals surface area contributed by atoms with E-state index in [9.17, 15) is 5.11 Å². The van der Waals surface area contributed by atoms with E-state index in [4.69, 9.17) is 0 Å². The highest BCUT2D eigenvalue weighted by Crippen LogP contribution is 2.24. The van der Waals surface area contributed by atoms with Crippen molar-refractivity contribution in [3.05, 3.63) is 0 Å². The van der Waals surface area contributed by atoms with Gasteiger partial charge in [0.2, 0.25) is 0 Å². The molecule has 14 heavy (non-hydrogen) atoms. The van der Waals surface area contributed by atoms with Crippen molar-refractivity contribution in [3.63, 3.8) is 0 Å². The van der Waals surface area contributed by atoms with E-state index in [1.54, 1.807) is 0 Å². The summed E-state index contributed by atoms with van der Waals surface area (Å²) in [5.74, 6) is 0.703. The van der Waals surface area contributed by atoms with Crippen molar-refractivity contribution in [1.29, 1.82) is 0 Å². The molecule has 2 heteroatoms. The number of aliphatic hydroxyl groups excluding tert-OH is 1. The van der Waals surface area contributed by atoms with Crippen molar-refractivity contribution in [1.82, 2.24) is 4.90 Å². The standard InChI is InChI=1S/C12H25NO/c1-10(2)8-13(9-11(3)14)12-6-4-5-7-12/h10-12,14H,4-9H2,1-3H3. The Balaban J connectivity index is 2.42. The lowest BCUT2D eigenvalue weighted by atomic mass is 10.1. The third-order valence-corrected chi connectivity index (χ3v) is 2.94. The van der Waals surface area contributed by atoms with E-state index >= 15 is 0 Å². The molecule has 1 N–H and O–H groups in total. The first kappa shape index (κ1) is 12.0. The molecule has 0 aliphatic heterocycles. The van der Waals surface area contributed by atoms with Crippen LogP contribution < -0.4 is 0 Å². The number of aliphatic hydroxyl groups is 1. The summed E-state index contributed by atoms with van der Waals surface area (Å²) in [6.07, 6.45) is 5.23. The highest BCUT2D eigenvalue weighted by Gasteiger charge is 2.23. The summed E-state index contributed by atoms with van der Waals surface area (Å²) in [4.78, 5) is 2.49. The van der Waals surface area contributed by atoms with Gasteiger partial charge in [-0.15, -0.1) is 0 Å². The smallest absolute Gasteiger partial charge is 0.0639 e. The van der Waals surface area contributed by atoms with Crippen molar-refractivity contribution < 1.29 is 5.11 Å². The van der Waals surface area contributed by atoms with Crippen LogP contribution in [0.4, 0.5) is 0 Å². The summed E-state index contributed by atoms with van der Waals surface area (Å²) >= 11 is 0. The van der Waals surface area contributed by atoms with Gasteiger partial charge in [0.15, 0.2) is 0 Å². The highest BCUT2D eigenvalue weighted by molar-refractivity contribution is 4.79. The number of rotatable bonds is 5. The second kappa shape index (κ2) is 5.72. The molecule has 0 amide bonds. The Bertz CT molecular complexity index is 140. The highest BCUT2D eigenvalue weighted by atomic mass is 16.3. The Labute approximate surface area is 88.3 Å². The third kappa shape index (κ3) is 3.97. The number of hydrogen-bond donors (Lipinski definition) is 1. The van der Waals surface area contributed by atoms with Crippen molar-refractivity contribution in [2.24, 2.45) is 5.92 Å². The maximum absolute atomic E-state index is 9.45. The molecule has 0 aromatic rings. The van der Waals surface area contributed by atoms with Gasteiger partial charge in [0.1, 0.15) is 0 Å². The Hall–Kier alpha value is -0.0800. The topological polar surface area (TPSA) is 23.5 Å². The van der Waals surface area contributed by atoms with E-state index in [1.165, 1.54) is 25.7 Å². The molecule has 0 aromatic carbocycles. The van der Waals surface area contributed by atoms with Crippen LogP contribution >= 0.6 is 0 Å². The Morgan fingerprint density at radius 3 is 2.14 bits per heavy atom. The van der Waals surface area contributed by atoms with Gasteiger partial charge in [-0.1, -0.05) is 26.7 Å². The monoisotopic (exact) mass is 199 g/mol. The van der Waals surface area contributed by atoms with E-state index in [1.807, 2.05) is 6.92 Å². The van der Waals surface area contributed by atoms with Crippen LogP contribution in [-0.2, 0) is 0 Å². The average Bonchev–Trinajstić information content (AvgIpc) is 2.52. The maximum Gasteiger partial charge on any atom is 0.0639 e. The lowest BCUT2D eigenvalue weighted by Gasteiger charge is -2.31. The van der Waals surface area contributed by atoms with Crippen LogP contribution in [-0.4, -0.2) is 35.2 Å². The van der Waals surface area contributed by atoms with Crippen LogP contribution in [0, 0.1) is 5.92 Å². The summed E-state index contributed by atoms with van der Waals surface area (Å²) < 4.78 is 0. The van der Waals surface area contributed by atoms with Gasteiger partial charge < -0.3 is 5.11 Å². The Kier molecular flexibility index (Phi) is 4.90. The van der Waals surface area contributed by atoms with Gasteiger partial charge in [-0.05, 0) is 25.7 Å². The summed E-state index contributed by atoms with van der Waals surface area (Å²) in [5.41, 5.74) is 0. The Morgan fingerprint density at radius 1 is 1.14 bits per heavy atom. The maximum atomic E-state index is 9.45. The lowest BCUT2D eigenvalue weighted by molar-refractivity contribution is 0.0902. The largest absolute Gasteiger partial charge is 0.392 e. The fourth-order valence-corrected chi connectivity index (χ4v) is 2.45. The van der Waals surface area contributed by atoms with Gasteiger partial charge >= 0.3 is 0 Å². The van der Waals surface area contributed by atoms with Crippen LogP contribution in [0.2, 0.25) is 0 Å². The minimum Gasteiger partial charge on any atom is -0.392 e. The summed E-state index contributed by atoms with van der Waals surface area (Å²) in [6, 6.07) is 0.743. The van der Waals surface area contributed by atoms with Crippen molar-refractivity contribution >= 4 is 0 Å². The third-order valence-electron chi connectivity index (χ3n) is 2.94. The van der Waals surface area contributed by atoms with Crippen LogP contribution in [0.15, 0.2) is 0 Å². The van der Waals surface area contributed by atoms with E-state index in [0.29, 0.717) is 5.92 Å². The van der Waals surface area contributed by atoms with Gasteiger partial charge in [0.05, 0.1) is 6.10 Å². The minimum atomic E-state index is -0.186. The van der Waals surface area contributed by atoms with Crippen molar-refractivity contribution in [2.75, 3.05) is 13.1 Å². The molecule has 2 nitrogen and oxygen atoms in total. The molecule has 0 saturated heterocycles. The van der Waals surface area contributed by atoms with Gasteiger partial charge in [-0.25, -0.2) is 0 Å². The molecule has 1 saturated carbocycles. The second-order valence-electron chi connectivity index (χ2n) is 5.14. The SMILES string of the molecule is CC(C)CN(CC(C)O)C1CCCC1. The number of hydrogen-bond acceptors (Lipinski definition) is 2. The molecule has 1 aliphatic carbocycles. The summed E-state index contributed by atoms with van der Waals surface area (Å²) in [5, 5.41) is 9.45. The predicted molar refractivity (Wildman–Crippen MR) is 60.3 cm³/mol. The molecule has 1 unspecified atom stereocenters. The molecule has 0 spiro atoms. The second-order valence-corrected chi connectivity index (χ2v) is 5.14. The molecule has 1 aliphatic rings. The van der Waals surface area contributed by atoms with Crippen molar-refractivity contribution in [3.8, 4) is 0 Å². The van der Waals surface area contributed by atoms with Gasteiger partial charge in [-0.3, -0.25) is 4.90 Å². The lowest BCUT2D eigenvalue weighted by Crippen LogP contribution is -2.40.